The highest BCUT2D eigenvalue weighted by Gasteiger charge is 2.11. The molecule has 1 unspecified atom stereocenters. The van der Waals surface area contributed by atoms with Crippen LogP contribution in [0.4, 0.5) is 0 Å². The van der Waals surface area contributed by atoms with E-state index in [1.165, 1.54) is 25.8 Å². The summed E-state index contributed by atoms with van der Waals surface area (Å²) in [4.78, 5) is 4.22. The van der Waals surface area contributed by atoms with Crippen LogP contribution in [0.5, 0.6) is 0 Å². The summed E-state index contributed by atoms with van der Waals surface area (Å²) in [5.74, 6) is 0. The molecule has 0 bridgehead atoms. The Labute approximate surface area is 97.2 Å². The topological polar surface area (TPSA) is 34.1 Å². The van der Waals surface area contributed by atoms with Crippen molar-refractivity contribution in [3.05, 3.63) is 30.1 Å². The first-order chi connectivity index (χ1) is 7.95. The number of pyridine rings is 1. The molecule has 16 heavy (non-hydrogen) atoms. The molecule has 0 aliphatic carbocycles. The highest BCUT2D eigenvalue weighted by atomic mass is 16.5. The van der Waals surface area contributed by atoms with Gasteiger partial charge in [-0.2, -0.15) is 0 Å². The van der Waals surface area contributed by atoms with E-state index < -0.39 is 0 Å². The van der Waals surface area contributed by atoms with Crippen LogP contribution in [0.2, 0.25) is 0 Å². The molecule has 3 heteroatoms. The number of piperidine rings is 1. The lowest BCUT2D eigenvalue weighted by Gasteiger charge is -2.23. The fraction of sp³-hybridized carbons (Fsp3) is 0.615. The van der Waals surface area contributed by atoms with Crippen LogP contribution in [0.3, 0.4) is 0 Å². The van der Waals surface area contributed by atoms with Crippen LogP contribution in [0.1, 0.15) is 31.4 Å². The third-order valence-corrected chi connectivity index (χ3v) is 3.00. The van der Waals surface area contributed by atoms with Crippen LogP contribution in [-0.2, 0) is 11.3 Å². The summed E-state index contributed by atoms with van der Waals surface area (Å²) in [5, 5.41) is 3.52. The van der Waals surface area contributed by atoms with Gasteiger partial charge in [0.15, 0.2) is 0 Å². The fourth-order valence-corrected chi connectivity index (χ4v) is 2.06. The lowest BCUT2D eigenvalue weighted by molar-refractivity contribution is 0.106. The molecule has 0 saturated carbocycles. The normalized spacial score (nSPS) is 20.9. The maximum Gasteiger partial charge on any atom is 0.0887 e. The molecule has 1 fully saturated rings. The van der Waals surface area contributed by atoms with Crippen molar-refractivity contribution in [3.63, 3.8) is 0 Å². The van der Waals surface area contributed by atoms with Crippen molar-refractivity contribution in [1.29, 1.82) is 0 Å². The lowest BCUT2D eigenvalue weighted by Crippen LogP contribution is -2.34. The third-order valence-electron chi connectivity index (χ3n) is 3.00. The van der Waals surface area contributed by atoms with Crippen molar-refractivity contribution < 1.29 is 4.74 Å². The summed E-state index contributed by atoms with van der Waals surface area (Å²) in [6.45, 7) is 2.63. The molecule has 0 amide bonds. The van der Waals surface area contributed by atoms with E-state index in [2.05, 4.69) is 10.3 Å². The van der Waals surface area contributed by atoms with Gasteiger partial charge in [0.05, 0.1) is 12.3 Å². The van der Waals surface area contributed by atoms with E-state index >= 15 is 0 Å². The van der Waals surface area contributed by atoms with Gasteiger partial charge in [-0.05, 0) is 37.9 Å². The second-order valence-corrected chi connectivity index (χ2v) is 4.31. The van der Waals surface area contributed by atoms with E-state index in [9.17, 15) is 0 Å². The first-order valence-electron chi connectivity index (χ1n) is 6.16. The minimum absolute atomic E-state index is 0.633. The second kappa shape index (κ2) is 6.61. The number of aromatic nitrogens is 1. The summed E-state index contributed by atoms with van der Waals surface area (Å²) in [6.07, 6.45) is 6.91. The quantitative estimate of drug-likeness (QED) is 0.772. The number of hydrogen-bond acceptors (Lipinski definition) is 3. The van der Waals surface area contributed by atoms with Crippen molar-refractivity contribution in [2.24, 2.45) is 0 Å². The Hall–Kier alpha value is -0.930. The van der Waals surface area contributed by atoms with Crippen molar-refractivity contribution in [3.8, 4) is 0 Å². The average Bonchev–Trinajstić information content (AvgIpc) is 2.37. The predicted octanol–water partition coefficient (Wildman–Crippen LogP) is 2.13. The maximum atomic E-state index is 5.62. The Balaban J connectivity index is 1.58. The van der Waals surface area contributed by atoms with E-state index in [1.807, 2.05) is 18.2 Å². The molecule has 1 aliphatic rings. The fourth-order valence-electron chi connectivity index (χ4n) is 2.06. The number of nitrogens with zero attached hydrogens (tertiary/aromatic N) is 1. The summed E-state index contributed by atoms with van der Waals surface area (Å²) >= 11 is 0. The number of nitrogens with one attached hydrogen (secondary N) is 1. The Kier molecular flexibility index (Phi) is 4.77. The van der Waals surface area contributed by atoms with Gasteiger partial charge in [0.2, 0.25) is 0 Å². The molecule has 1 saturated heterocycles. The smallest absolute Gasteiger partial charge is 0.0887 e. The molecule has 1 aliphatic heterocycles. The molecular formula is C13H20N2O. The summed E-state index contributed by atoms with van der Waals surface area (Å²) in [7, 11) is 0. The zero-order valence-electron chi connectivity index (χ0n) is 9.69. The Morgan fingerprint density at radius 2 is 2.38 bits per heavy atom. The molecular weight excluding hydrogens is 200 g/mol. The van der Waals surface area contributed by atoms with Crippen LogP contribution in [0.15, 0.2) is 24.4 Å². The minimum atomic E-state index is 0.633. The molecule has 1 N–H and O–H groups in total. The van der Waals surface area contributed by atoms with Gasteiger partial charge in [0.25, 0.3) is 0 Å². The third kappa shape index (κ3) is 3.91. The number of ether oxygens (including phenoxy) is 1. The van der Waals surface area contributed by atoms with Crippen molar-refractivity contribution in [2.45, 2.75) is 38.3 Å². The highest BCUT2D eigenvalue weighted by molar-refractivity contribution is 5.01. The van der Waals surface area contributed by atoms with Gasteiger partial charge in [0, 0.05) is 18.8 Å². The van der Waals surface area contributed by atoms with Crippen LogP contribution in [0.25, 0.3) is 0 Å². The van der Waals surface area contributed by atoms with E-state index in [1.54, 1.807) is 6.20 Å². The average molecular weight is 220 g/mol. The maximum absolute atomic E-state index is 5.62. The summed E-state index contributed by atoms with van der Waals surface area (Å²) < 4.78 is 5.62. The molecule has 0 radical (unpaired) electrons. The first-order valence-corrected chi connectivity index (χ1v) is 6.16. The zero-order chi connectivity index (χ0) is 11.1. The van der Waals surface area contributed by atoms with Gasteiger partial charge < -0.3 is 10.1 Å². The van der Waals surface area contributed by atoms with E-state index in [4.69, 9.17) is 4.74 Å². The Bertz CT molecular complexity index is 283. The van der Waals surface area contributed by atoms with Crippen molar-refractivity contribution in [2.75, 3.05) is 13.2 Å². The summed E-state index contributed by atoms with van der Waals surface area (Å²) in [6, 6.07) is 6.58. The molecule has 1 atom stereocenters. The van der Waals surface area contributed by atoms with E-state index in [0.29, 0.717) is 12.6 Å². The molecule has 88 valence electrons. The van der Waals surface area contributed by atoms with Crippen molar-refractivity contribution >= 4 is 0 Å². The van der Waals surface area contributed by atoms with Gasteiger partial charge in [0.1, 0.15) is 0 Å². The summed E-state index contributed by atoms with van der Waals surface area (Å²) in [5.41, 5.74) is 1.01. The molecule has 1 aromatic rings. The Morgan fingerprint density at radius 3 is 3.12 bits per heavy atom. The van der Waals surface area contributed by atoms with Crippen molar-refractivity contribution in [1.82, 2.24) is 10.3 Å². The molecule has 2 rings (SSSR count). The van der Waals surface area contributed by atoms with Crippen LogP contribution < -0.4 is 5.32 Å². The lowest BCUT2D eigenvalue weighted by atomic mass is 10.0. The van der Waals surface area contributed by atoms with Gasteiger partial charge in [-0.1, -0.05) is 12.5 Å². The monoisotopic (exact) mass is 220 g/mol. The standard InChI is InChI=1S/C13H20N2O/c1-3-8-14-12(5-1)7-10-16-11-13-6-2-4-9-15-13/h2,4,6,9,12,14H,1,3,5,7-8,10-11H2. The molecule has 0 aromatic carbocycles. The molecule has 3 nitrogen and oxygen atoms in total. The van der Waals surface area contributed by atoms with Crippen LogP contribution >= 0.6 is 0 Å². The second-order valence-electron chi connectivity index (χ2n) is 4.31. The predicted molar refractivity (Wildman–Crippen MR) is 64.2 cm³/mol. The van der Waals surface area contributed by atoms with Gasteiger partial charge >= 0.3 is 0 Å². The van der Waals surface area contributed by atoms with Gasteiger partial charge in [-0.25, -0.2) is 0 Å². The van der Waals surface area contributed by atoms with Crippen LogP contribution in [0, 0.1) is 0 Å². The van der Waals surface area contributed by atoms with E-state index in [0.717, 1.165) is 18.7 Å². The number of rotatable bonds is 5. The van der Waals surface area contributed by atoms with Gasteiger partial charge in [-0.15, -0.1) is 0 Å². The first kappa shape index (κ1) is 11.6. The number of hydrogen-bond donors (Lipinski definition) is 1. The molecule has 0 spiro atoms. The molecule has 1 aromatic heterocycles. The highest BCUT2D eigenvalue weighted by Crippen LogP contribution is 2.10. The largest absolute Gasteiger partial charge is 0.375 e. The Morgan fingerprint density at radius 1 is 1.38 bits per heavy atom. The van der Waals surface area contributed by atoms with E-state index in [-0.39, 0.29) is 0 Å². The van der Waals surface area contributed by atoms with Crippen LogP contribution in [-0.4, -0.2) is 24.2 Å². The van der Waals surface area contributed by atoms with Gasteiger partial charge in [-0.3, -0.25) is 4.98 Å². The zero-order valence-corrected chi connectivity index (χ0v) is 9.69. The molecule has 2 heterocycles. The minimum Gasteiger partial charge on any atom is -0.375 e. The SMILES string of the molecule is c1ccc(COCCC2CCCCN2)nc1.